The lowest BCUT2D eigenvalue weighted by Crippen LogP contribution is -2.47. The van der Waals surface area contributed by atoms with E-state index in [1.807, 2.05) is 6.08 Å². The van der Waals surface area contributed by atoms with Gasteiger partial charge in [-0.15, -0.1) is 6.58 Å². The van der Waals surface area contributed by atoms with Crippen LogP contribution in [0.4, 0.5) is 15.7 Å². The van der Waals surface area contributed by atoms with Crippen LogP contribution in [0.2, 0.25) is 13.6 Å². The van der Waals surface area contributed by atoms with E-state index in [1.54, 1.807) is 27.9 Å². The number of hydrogen-bond donors (Lipinski definition) is 2. The second kappa shape index (κ2) is 10.7. The van der Waals surface area contributed by atoms with Gasteiger partial charge in [-0.25, -0.2) is 14.5 Å². The van der Waals surface area contributed by atoms with Crippen LogP contribution in [0.15, 0.2) is 37.2 Å². The Labute approximate surface area is 212 Å². The molecule has 185 valence electrons. The molecule has 4 heterocycles. The fourth-order valence-corrected chi connectivity index (χ4v) is 4.96. The first-order valence-corrected chi connectivity index (χ1v) is 11.9. The summed E-state index contributed by atoms with van der Waals surface area (Å²) in [5.41, 5.74) is 0.707. The van der Waals surface area contributed by atoms with Gasteiger partial charge in [-0.3, -0.25) is 9.63 Å². The van der Waals surface area contributed by atoms with E-state index >= 15 is 0 Å². The normalized spacial score (nSPS) is 16.5. The zero-order valence-corrected chi connectivity index (χ0v) is 20.5. The van der Waals surface area contributed by atoms with Crippen molar-refractivity contribution in [3.05, 3.63) is 42.1 Å². The smallest absolute Gasteiger partial charge is 0.400 e. The summed E-state index contributed by atoms with van der Waals surface area (Å²) in [4.78, 5) is 49.6. The standard InChI is InChI=1S/C19H23B3N7O6S/c1-4-7-35-28-14-8-13(10-25(11-14)19(28)32)26-6-5-16(24-26)27(20-12-30)17(31)15-9-23-18(36-15)29(21(2)33)22(3)34/h4-6,8-9,12,14,33-34H,1,7,10-11H2,2-3H3. The van der Waals surface area contributed by atoms with Crippen LogP contribution in [0.25, 0.3) is 5.70 Å². The Morgan fingerprint density at radius 3 is 2.83 bits per heavy atom. The third-order valence-corrected chi connectivity index (χ3v) is 6.51. The summed E-state index contributed by atoms with van der Waals surface area (Å²) in [5.74, 6) is -0.377. The summed E-state index contributed by atoms with van der Waals surface area (Å²) in [6.07, 6.45) is 6.83. The molecular weight excluding hydrogens is 487 g/mol. The maximum absolute atomic E-state index is 13.2. The van der Waals surface area contributed by atoms with Gasteiger partial charge in [0, 0.05) is 18.8 Å². The minimum absolute atomic E-state index is 0.172. The van der Waals surface area contributed by atoms with Gasteiger partial charge in [0.1, 0.15) is 16.9 Å². The van der Waals surface area contributed by atoms with Crippen molar-refractivity contribution in [1.82, 2.24) is 24.7 Å². The van der Waals surface area contributed by atoms with Gasteiger partial charge in [-0.05, 0) is 19.7 Å². The van der Waals surface area contributed by atoms with E-state index in [2.05, 4.69) is 16.7 Å². The molecule has 2 N–H and O–H groups in total. The number of thiazole rings is 1. The molecule has 2 aromatic rings. The number of carbonyl (C=O) groups excluding carboxylic acids is 3. The van der Waals surface area contributed by atoms with Crippen LogP contribution in [0.5, 0.6) is 0 Å². The van der Waals surface area contributed by atoms with Crippen molar-refractivity contribution in [2.75, 3.05) is 29.2 Å². The third-order valence-electron chi connectivity index (χ3n) is 5.51. The maximum atomic E-state index is 13.2. The Hall–Kier alpha value is -3.40. The SMILES string of the molecule is C=CCON1C(=O)N2CC(n3ccc(N([B]C=O)C(=O)c4cnc(N(B(C)O)B(C)O)s4)n3)=CC1C2. The molecule has 0 aromatic carbocycles. The molecule has 4 rings (SSSR count). The number of aromatic nitrogens is 3. The van der Waals surface area contributed by atoms with Gasteiger partial charge < -0.3 is 29.3 Å². The van der Waals surface area contributed by atoms with Crippen molar-refractivity contribution in [3.63, 3.8) is 0 Å². The maximum Gasteiger partial charge on any atom is 0.400 e. The molecule has 13 nitrogen and oxygen atoms in total. The van der Waals surface area contributed by atoms with Crippen molar-refractivity contribution in [2.24, 2.45) is 0 Å². The Morgan fingerprint density at radius 1 is 1.42 bits per heavy atom. The van der Waals surface area contributed by atoms with Gasteiger partial charge in [0.2, 0.25) is 0 Å². The van der Waals surface area contributed by atoms with Crippen molar-refractivity contribution >= 4 is 67.6 Å². The van der Waals surface area contributed by atoms with E-state index in [9.17, 15) is 24.4 Å². The number of anilines is 2. The number of urea groups is 1. The average molecular weight is 510 g/mol. The van der Waals surface area contributed by atoms with E-state index in [-0.39, 0.29) is 34.5 Å². The predicted molar refractivity (Wildman–Crippen MR) is 137 cm³/mol. The second-order valence-electron chi connectivity index (χ2n) is 8.06. The number of carbonyl (C=O) groups is 3. The van der Waals surface area contributed by atoms with Crippen LogP contribution in [-0.2, 0) is 9.63 Å². The van der Waals surface area contributed by atoms with Crippen LogP contribution in [0, 0.1) is 0 Å². The van der Waals surface area contributed by atoms with Crippen LogP contribution in [0.3, 0.4) is 0 Å². The molecule has 17 heteroatoms. The lowest BCUT2D eigenvalue weighted by Gasteiger charge is -2.23. The molecule has 1 fully saturated rings. The monoisotopic (exact) mass is 510 g/mol. The Bertz CT molecular complexity index is 1180. The first-order chi connectivity index (χ1) is 17.2. The number of fused-ring (bicyclic) bond motifs is 2. The molecule has 2 bridgehead atoms. The van der Waals surface area contributed by atoms with E-state index in [0.29, 0.717) is 25.0 Å². The van der Waals surface area contributed by atoms with E-state index in [0.717, 1.165) is 23.6 Å². The summed E-state index contributed by atoms with van der Waals surface area (Å²) in [7, 11) is -1.02. The zero-order valence-electron chi connectivity index (χ0n) is 19.7. The molecule has 1 unspecified atom stereocenters. The van der Waals surface area contributed by atoms with Crippen LogP contribution < -0.4 is 9.53 Å². The van der Waals surface area contributed by atoms with Gasteiger partial charge in [0.25, 0.3) is 5.91 Å². The predicted octanol–water partition coefficient (Wildman–Crippen LogP) is -0.0989. The fraction of sp³-hybridized carbons (Fsp3) is 0.316. The van der Waals surface area contributed by atoms with E-state index < -0.39 is 20.0 Å². The van der Waals surface area contributed by atoms with E-state index in [1.165, 1.54) is 29.6 Å². The van der Waals surface area contributed by atoms with Crippen molar-refractivity contribution in [1.29, 1.82) is 0 Å². The quantitative estimate of drug-likeness (QED) is 0.241. The Kier molecular flexibility index (Phi) is 7.63. The fourth-order valence-electron chi connectivity index (χ4n) is 3.96. The number of hydroxylamine groups is 2. The Morgan fingerprint density at radius 2 is 2.17 bits per heavy atom. The molecule has 1 atom stereocenters. The molecule has 3 amide bonds. The topological polar surface area (TPSA) is 145 Å². The largest absolute Gasteiger partial charge is 0.433 e. The van der Waals surface area contributed by atoms with Crippen LogP contribution in [-0.4, -0.2) is 100 Å². The lowest BCUT2D eigenvalue weighted by atomic mass is 9.70. The molecule has 2 aliphatic rings. The van der Waals surface area contributed by atoms with Crippen LogP contribution in [0.1, 0.15) is 9.67 Å². The highest BCUT2D eigenvalue weighted by Gasteiger charge is 2.41. The minimum atomic E-state index is -1.03. The highest BCUT2D eigenvalue weighted by atomic mass is 32.1. The number of hydrogen-bond acceptors (Lipinski definition) is 10. The summed E-state index contributed by atoms with van der Waals surface area (Å²) >= 11 is 0.956. The lowest BCUT2D eigenvalue weighted by molar-refractivity contribution is -0.107. The molecule has 36 heavy (non-hydrogen) atoms. The first kappa shape index (κ1) is 25.7. The number of rotatable bonds is 11. The van der Waals surface area contributed by atoms with Gasteiger partial charge in [-0.2, -0.15) is 10.2 Å². The third kappa shape index (κ3) is 4.95. The Balaban J connectivity index is 1.55. The molecular formula is C19H23B3N7O6S. The molecule has 2 aromatic heterocycles. The summed E-state index contributed by atoms with van der Waals surface area (Å²) in [6.45, 7) is 7.52. The molecule has 1 radical (unpaired) electrons. The first-order valence-electron chi connectivity index (χ1n) is 11.1. The van der Waals surface area contributed by atoms with Gasteiger partial charge in [0.15, 0.2) is 5.13 Å². The number of amides is 3. The van der Waals surface area contributed by atoms with Gasteiger partial charge in [0.05, 0.1) is 31.1 Å². The molecule has 0 saturated carbocycles. The summed E-state index contributed by atoms with van der Waals surface area (Å²) in [5, 5.41) is 25.8. The summed E-state index contributed by atoms with van der Waals surface area (Å²) < 4.78 is 2.78. The van der Waals surface area contributed by atoms with E-state index in [4.69, 9.17) is 4.84 Å². The number of nitrogens with zero attached hydrogens (tertiary/aromatic N) is 7. The molecule has 1 saturated heterocycles. The van der Waals surface area contributed by atoms with Crippen molar-refractivity contribution < 1.29 is 29.3 Å². The van der Waals surface area contributed by atoms with Crippen LogP contribution >= 0.6 is 11.3 Å². The highest BCUT2D eigenvalue weighted by molar-refractivity contribution is 7.19. The average Bonchev–Trinajstić information content (AvgIpc) is 3.56. The summed E-state index contributed by atoms with van der Waals surface area (Å²) in [6, 6.07) is 1.02. The molecule has 0 spiro atoms. The molecule has 2 aliphatic heterocycles. The zero-order chi connectivity index (χ0) is 26.0. The van der Waals surface area contributed by atoms with Gasteiger partial charge >= 0.3 is 27.5 Å². The highest BCUT2D eigenvalue weighted by Crippen LogP contribution is 2.29. The minimum Gasteiger partial charge on any atom is -0.433 e. The van der Waals surface area contributed by atoms with Crippen molar-refractivity contribution in [3.8, 4) is 0 Å². The second-order valence-corrected chi connectivity index (χ2v) is 9.06. The van der Waals surface area contributed by atoms with Gasteiger partial charge in [-0.1, -0.05) is 17.4 Å². The molecule has 0 aliphatic carbocycles. The van der Waals surface area contributed by atoms with Crippen molar-refractivity contribution in [2.45, 2.75) is 19.7 Å².